The molecule has 162 valence electrons. The lowest BCUT2D eigenvalue weighted by Gasteiger charge is -2.24. The highest BCUT2D eigenvalue weighted by Gasteiger charge is 2.19. The van der Waals surface area contributed by atoms with Gasteiger partial charge in [0.2, 0.25) is 0 Å². The van der Waals surface area contributed by atoms with Crippen molar-refractivity contribution < 1.29 is 4.74 Å². The van der Waals surface area contributed by atoms with Crippen molar-refractivity contribution in [2.45, 2.75) is 32.2 Å². The van der Waals surface area contributed by atoms with Gasteiger partial charge in [-0.2, -0.15) is 0 Å². The summed E-state index contributed by atoms with van der Waals surface area (Å²) in [5.74, 6) is 0. The minimum Gasteiger partial charge on any atom is -0.381 e. The maximum absolute atomic E-state index is 13.8. The van der Waals surface area contributed by atoms with Gasteiger partial charge in [0.1, 0.15) is 0 Å². The van der Waals surface area contributed by atoms with Crippen molar-refractivity contribution in [2.24, 2.45) is 0 Å². The molecular formula is C27H26N2O3. The van der Waals surface area contributed by atoms with Crippen molar-refractivity contribution in [3.8, 4) is 16.8 Å². The van der Waals surface area contributed by atoms with E-state index in [-0.39, 0.29) is 17.2 Å². The Morgan fingerprint density at radius 3 is 2.47 bits per heavy atom. The van der Waals surface area contributed by atoms with Crippen LogP contribution in [0.3, 0.4) is 0 Å². The van der Waals surface area contributed by atoms with Gasteiger partial charge in [-0.3, -0.25) is 14.2 Å². The average Bonchev–Trinajstić information content (AvgIpc) is 2.85. The van der Waals surface area contributed by atoms with Gasteiger partial charge in [0, 0.05) is 42.9 Å². The lowest BCUT2D eigenvalue weighted by atomic mass is 9.99. The molecule has 0 atom stereocenters. The van der Waals surface area contributed by atoms with Crippen molar-refractivity contribution in [3.05, 3.63) is 99.3 Å². The van der Waals surface area contributed by atoms with Crippen LogP contribution in [0, 0.1) is 0 Å². The number of ether oxygens (including phenoxy) is 1. The molecule has 0 bridgehead atoms. The second-order valence-electron chi connectivity index (χ2n) is 8.24. The summed E-state index contributed by atoms with van der Waals surface area (Å²) in [4.78, 5) is 26.4. The summed E-state index contributed by atoms with van der Waals surface area (Å²) in [7, 11) is 0. The summed E-state index contributed by atoms with van der Waals surface area (Å²) >= 11 is 0. The number of hydrogen-bond acceptors (Lipinski definition) is 3. The third-order valence-electron chi connectivity index (χ3n) is 6.33. The van der Waals surface area contributed by atoms with Crippen molar-refractivity contribution in [1.29, 1.82) is 0 Å². The summed E-state index contributed by atoms with van der Waals surface area (Å²) < 4.78 is 9.09. The highest BCUT2D eigenvalue weighted by atomic mass is 16.5. The molecule has 1 saturated heterocycles. The van der Waals surface area contributed by atoms with Crippen molar-refractivity contribution in [2.75, 3.05) is 13.2 Å². The molecule has 5 nitrogen and oxygen atoms in total. The van der Waals surface area contributed by atoms with Gasteiger partial charge in [0.05, 0.1) is 5.39 Å². The lowest BCUT2D eigenvalue weighted by molar-refractivity contribution is 0.0687. The lowest BCUT2D eigenvalue weighted by Crippen LogP contribution is -2.28. The number of pyridine rings is 2. The molecule has 1 aliphatic heterocycles. The largest absolute Gasteiger partial charge is 0.381 e. The fourth-order valence-corrected chi connectivity index (χ4v) is 4.69. The molecule has 5 rings (SSSR count). The highest BCUT2D eigenvalue weighted by molar-refractivity contribution is 5.96. The summed E-state index contributed by atoms with van der Waals surface area (Å²) in [6.45, 7) is 3.39. The van der Waals surface area contributed by atoms with Crippen LogP contribution in [0.4, 0.5) is 0 Å². The first-order chi connectivity index (χ1) is 15.7. The number of rotatable bonds is 4. The van der Waals surface area contributed by atoms with Gasteiger partial charge in [0.25, 0.3) is 11.1 Å². The standard InChI is InChI=1S/C27H26N2O3/c1-2-21-17-19-7-6-10-24(26(19)27(31)29(21)23-8-4-3-5-9-23)20-11-12-25(30)28(18-20)22-13-15-32-16-14-22/h3-12,17-18,22H,2,13-16H2,1H3. The smallest absolute Gasteiger partial charge is 0.263 e. The molecule has 2 aromatic heterocycles. The molecule has 1 aliphatic rings. The second kappa shape index (κ2) is 8.60. The van der Waals surface area contributed by atoms with Crippen LogP contribution in [-0.2, 0) is 11.2 Å². The van der Waals surface area contributed by atoms with Gasteiger partial charge in [-0.15, -0.1) is 0 Å². The maximum Gasteiger partial charge on any atom is 0.263 e. The highest BCUT2D eigenvalue weighted by Crippen LogP contribution is 2.29. The molecule has 0 saturated carbocycles. The zero-order valence-corrected chi connectivity index (χ0v) is 18.2. The molecule has 3 heterocycles. The Morgan fingerprint density at radius 1 is 0.938 bits per heavy atom. The molecule has 5 heteroatoms. The molecule has 2 aromatic carbocycles. The first-order valence-electron chi connectivity index (χ1n) is 11.2. The second-order valence-corrected chi connectivity index (χ2v) is 8.24. The molecule has 0 unspecified atom stereocenters. The van der Waals surface area contributed by atoms with Gasteiger partial charge in [0.15, 0.2) is 0 Å². The van der Waals surface area contributed by atoms with E-state index in [9.17, 15) is 9.59 Å². The molecule has 0 amide bonds. The summed E-state index contributed by atoms with van der Waals surface area (Å²) in [5, 5.41) is 1.59. The van der Waals surface area contributed by atoms with Crippen LogP contribution < -0.4 is 11.1 Å². The number of para-hydroxylation sites is 1. The number of aryl methyl sites for hydroxylation is 1. The van der Waals surface area contributed by atoms with E-state index < -0.39 is 0 Å². The van der Waals surface area contributed by atoms with Crippen LogP contribution in [0.1, 0.15) is 31.5 Å². The Balaban J connectivity index is 1.74. The Kier molecular flexibility index (Phi) is 5.50. The topological polar surface area (TPSA) is 53.2 Å². The zero-order valence-electron chi connectivity index (χ0n) is 18.2. The zero-order chi connectivity index (χ0) is 22.1. The summed E-state index contributed by atoms with van der Waals surface area (Å²) in [6.07, 6.45) is 4.30. The van der Waals surface area contributed by atoms with Crippen LogP contribution in [0.5, 0.6) is 0 Å². The van der Waals surface area contributed by atoms with Crippen molar-refractivity contribution >= 4 is 10.8 Å². The predicted molar refractivity (Wildman–Crippen MR) is 128 cm³/mol. The van der Waals surface area contributed by atoms with Gasteiger partial charge in [-0.1, -0.05) is 43.3 Å². The molecule has 0 N–H and O–H groups in total. The molecule has 0 radical (unpaired) electrons. The van der Waals surface area contributed by atoms with E-state index in [4.69, 9.17) is 4.74 Å². The quantitative estimate of drug-likeness (QED) is 0.474. The van der Waals surface area contributed by atoms with E-state index in [1.165, 1.54) is 0 Å². The third kappa shape index (κ3) is 3.59. The summed E-state index contributed by atoms with van der Waals surface area (Å²) in [6, 6.07) is 21.4. The Bertz CT molecular complexity index is 1380. The van der Waals surface area contributed by atoms with E-state index in [1.54, 1.807) is 10.6 Å². The third-order valence-corrected chi connectivity index (χ3v) is 6.33. The Labute approximate surface area is 186 Å². The Morgan fingerprint density at radius 2 is 1.72 bits per heavy atom. The van der Waals surface area contributed by atoms with E-state index in [0.717, 1.165) is 47.2 Å². The monoisotopic (exact) mass is 426 g/mol. The fraction of sp³-hybridized carbons (Fsp3) is 0.259. The number of benzene rings is 2. The SMILES string of the molecule is CCc1cc2cccc(-c3ccc(=O)n(C4CCOCC4)c3)c2c(=O)n1-c1ccccc1. The van der Waals surface area contributed by atoms with Gasteiger partial charge in [-0.25, -0.2) is 0 Å². The first-order valence-corrected chi connectivity index (χ1v) is 11.2. The van der Waals surface area contributed by atoms with Gasteiger partial charge in [-0.05, 0) is 60.0 Å². The maximum atomic E-state index is 13.8. The normalized spacial score (nSPS) is 14.7. The number of aromatic nitrogens is 2. The predicted octanol–water partition coefficient (Wildman–Crippen LogP) is 4.73. The van der Waals surface area contributed by atoms with Gasteiger partial charge < -0.3 is 9.30 Å². The number of hydrogen-bond donors (Lipinski definition) is 0. The van der Waals surface area contributed by atoms with Crippen molar-refractivity contribution in [3.63, 3.8) is 0 Å². The molecule has 0 aliphatic carbocycles. The molecule has 1 fully saturated rings. The fourth-order valence-electron chi connectivity index (χ4n) is 4.69. The Hall–Kier alpha value is -3.44. The minimum atomic E-state index is -0.0371. The average molecular weight is 427 g/mol. The van der Waals surface area contributed by atoms with E-state index in [2.05, 4.69) is 13.0 Å². The molecular weight excluding hydrogens is 400 g/mol. The number of fused-ring (bicyclic) bond motifs is 1. The van der Waals surface area contributed by atoms with Crippen LogP contribution >= 0.6 is 0 Å². The molecule has 4 aromatic rings. The first kappa shape index (κ1) is 20.5. The van der Waals surface area contributed by atoms with E-state index >= 15 is 0 Å². The summed E-state index contributed by atoms with van der Waals surface area (Å²) in [5.41, 5.74) is 3.50. The molecule has 32 heavy (non-hydrogen) atoms. The minimum absolute atomic E-state index is 0.0177. The van der Waals surface area contributed by atoms with Crippen LogP contribution in [0.2, 0.25) is 0 Å². The van der Waals surface area contributed by atoms with Crippen LogP contribution in [-0.4, -0.2) is 22.3 Å². The van der Waals surface area contributed by atoms with Crippen LogP contribution in [0.15, 0.2) is 82.5 Å². The van der Waals surface area contributed by atoms with E-state index in [1.807, 2.05) is 65.4 Å². The van der Waals surface area contributed by atoms with E-state index in [0.29, 0.717) is 18.6 Å². The van der Waals surface area contributed by atoms with Gasteiger partial charge >= 0.3 is 0 Å². The van der Waals surface area contributed by atoms with Crippen molar-refractivity contribution in [1.82, 2.24) is 9.13 Å². The molecule has 0 spiro atoms. The van der Waals surface area contributed by atoms with Crippen LogP contribution in [0.25, 0.3) is 27.6 Å². The number of nitrogens with zero attached hydrogens (tertiary/aromatic N) is 2.